The molecule has 0 aliphatic rings. The van der Waals surface area contributed by atoms with Gasteiger partial charge >= 0.3 is 0 Å². The van der Waals surface area contributed by atoms with Crippen LogP contribution in [0.3, 0.4) is 0 Å². The fraction of sp³-hybridized carbons (Fsp3) is 0.526. The first kappa shape index (κ1) is 17.7. The van der Waals surface area contributed by atoms with E-state index in [4.69, 9.17) is 0 Å². The number of H-pyrrole nitrogens is 1. The van der Waals surface area contributed by atoms with E-state index in [1.54, 1.807) is 6.07 Å². The molecule has 0 unspecified atom stereocenters. The highest BCUT2D eigenvalue weighted by Gasteiger charge is 2.18. The monoisotopic (exact) mass is 319 g/mol. The zero-order valence-corrected chi connectivity index (χ0v) is 14.8. The first-order valence-electron chi connectivity index (χ1n) is 8.42. The van der Waals surface area contributed by atoms with E-state index >= 15 is 0 Å². The molecule has 0 saturated carbocycles. The minimum Gasteiger partial charge on any atom is -0.358 e. The van der Waals surface area contributed by atoms with Gasteiger partial charge in [-0.05, 0) is 25.1 Å². The maximum Gasteiger partial charge on any atom is 0.198 e. The Hall–Kier alpha value is -1.68. The standard InChI is InChI=1S/C19H27FN2O/c1-12(2)9-22(10-13(3)4)11-17-14(5)21-18-7-6-15(20)8-16(18)19(17)23/h6-8,12-13H,9-11H2,1-5H3,(H,21,23)/p+1. The van der Waals surface area contributed by atoms with E-state index in [2.05, 4.69) is 32.7 Å². The molecule has 1 aromatic carbocycles. The van der Waals surface area contributed by atoms with Crippen molar-refractivity contribution in [1.82, 2.24) is 4.98 Å². The maximum absolute atomic E-state index is 13.5. The summed E-state index contributed by atoms with van der Waals surface area (Å²) in [6.45, 7) is 13.5. The SMILES string of the molecule is Cc1[nH]c2ccc(F)cc2c(=O)c1C[NH+](CC(C)C)CC(C)C. The van der Waals surface area contributed by atoms with Crippen LogP contribution in [0, 0.1) is 24.6 Å². The molecule has 0 amide bonds. The van der Waals surface area contributed by atoms with Gasteiger partial charge in [0.15, 0.2) is 5.43 Å². The van der Waals surface area contributed by atoms with Gasteiger partial charge in [0.25, 0.3) is 0 Å². The van der Waals surface area contributed by atoms with Crippen LogP contribution in [0.4, 0.5) is 4.39 Å². The first-order chi connectivity index (χ1) is 10.8. The minimum absolute atomic E-state index is 0.0410. The van der Waals surface area contributed by atoms with Crippen LogP contribution in [0.15, 0.2) is 23.0 Å². The van der Waals surface area contributed by atoms with Gasteiger partial charge in [0, 0.05) is 28.4 Å². The normalized spacial score (nSPS) is 12.0. The van der Waals surface area contributed by atoms with Crippen molar-refractivity contribution >= 4 is 10.9 Å². The van der Waals surface area contributed by atoms with Crippen molar-refractivity contribution in [3.63, 3.8) is 0 Å². The molecule has 2 rings (SSSR count). The van der Waals surface area contributed by atoms with Crippen molar-refractivity contribution in [2.75, 3.05) is 13.1 Å². The number of halogens is 1. The van der Waals surface area contributed by atoms with E-state index in [0.29, 0.717) is 29.3 Å². The van der Waals surface area contributed by atoms with Crippen molar-refractivity contribution in [3.05, 3.63) is 45.5 Å². The van der Waals surface area contributed by atoms with E-state index in [0.717, 1.165) is 24.3 Å². The highest BCUT2D eigenvalue weighted by molar-refractivity contribution is 5.79. The van der Waals surface area contributed by atoms with Crippen LogP contribution in [-0.2, 0) is 6.54 Å². The molecule has 0 saturated heterocycles. The number of hydrogen-bond acceptors (Lipinski definition) is 1. The summed E-state index contributed by atoms with van der Waals surface area (Å²) in [5, 5.41) is 0.444. The van der Waals surface area contributed by atoms with E-state index < -0.39 is 0 Å². The van der Waals surface area contributed by atoms with Crippen LogP contribution in [0.2, 0.25) is 0 Å². The summed E-state index contributed by atoms with van der Waals surface area (Å²) in [7, 11) is 0. The van der Waals surface area contributed by atoms with Crippen LogP contribution in [0.1, 0.15) is 39.0 Å². The predicted molar refractivity (Wildman–Crippen MR) is 93.3 cm³/mol. The van der Waals surface area contributed by atoms with Crippen molar-refractivity contribution in [1.29, 1.82) is 0 Å². The third-order valence-electron chi connectivity index (χ3n) is 4.10. The Balaban J connectivity index is 2.42. The van der Waals surface area contributed by atoms with Crippen LogP contribution < -0.4 is 10.3 Å². The number of hydrogen-bond donors (Lipinski definition) is 2. The van der Waals surface area contributed by atoms with Crippen molar-refractivity contribution in [3.8, 4) is 0 Å². The molecule has 23 heavy (non-hydrogen) atoms. The molecule has 0 spiro atoms. The predicted octanol–water partition coefficient (Wildman–Crippen LogP) is 2.67. The fourth-order valence-electron chi connectivity index (χ4n) is 3.27. The molecule has 0 aliphatic carbocycles. The second kappa shape index (κ2) is 7.26. The number of quaternary nitrogens is 1. The third kappa shape index (κ3) is 4.41. The molecule has 2 aromatic rings. The van der Waals surface area contributed by atoms with Crippen LogP contribution in [0.25, 0.3) is 10.9 Å². The van der Waals surface area contributed by atoms with Gasteiger partial charge in [0.05, 0.1) is 18.7 Å². The zero-order valence-electron chi connectivity index (χ0n) is 14.8. The molecule has 1 aromatic heterocycles. The molecule has 0 atom stereocenters. The molecular formula is C19H28FN2O+. The number of rotatable bonds is 6. The molecule has 3 nitrogen and oxygen atoms in total. The lowest BCUT2D eigenvalue weighted by Crippen LogP contribution is -3.12. The van der Waals surface area contributed by atoms with Crippen LogP contribution >= 0.6 is 0 Å². The van der Waals surface area contributed by atoms with Crippen molar-refractivity contribution in [2.24, 2.45) is 11.8 Å². The van der Waals surface area contributed by atoms with Gasteiger partial charge in [-0.2, -0.15) is 0 Å². The first-order valence-corrected chi connectivity index (χ1v) is 8.42. The summed E-state index contributed by atoms with van der Waals surface area (Å²) in [5.41, 5.74) is 2.33. The second-order valence-corrected chi connectivity index (χ2v) is 7.37. The van der Waals surface area contributed by atoms with E-state index in [-0.39, 0.29) is 11.2 Å². The molecular weight excluding hydrogens is 291 g/mol. The number of fused-ring (bicyclic) bond motifs is 1. The molecule has 0 bridgehead atoms. The van der Waals surface area contributed by atoms with Gasteiger partial charge in [-0.15, -0.1) is 0 Å². The molecule has 2 N–H and O–H groups in total. The highest BCUT2D eigenvalue weighted by Crippen LogP contribution is 2.12. The Morgan fingerprint density at radius 1 is 1.13 bits per heavy atom. The Kier molecular flexibility index (Phi) is 5.58. The lowest BCUT2D eigenvalue weighted by molar-refractivity contribution is -0.919. The van der Waals surface area contributed by atoms with Gasteiger partial charge in [-0.25, -0.2) is 4.39 Å². The van der Waals surface area contributed by atoms with E-state index in [1.807, 2.05) is 6.92 Å². The maximum atomic E-state index is 13.5. The number of aryl methyl sites for hydroxylation is 1. The summed E-state index contributed by atoms with van der Waals surface area (Å²) < 4.78 is 13.5. The topological polar surface area (TPSA) is 37.3 Å². The van der Waals surface area contributed by atoms with Gasteiger partial charge in [-0.3, -0.25) is 4.79 Å². The zero-order chi connectivity index (χ0) is 17.1. The molecule has 1 heterocycles. The average molecular weight is 319 g/mol. The van der Waals surface area contributed by atoms with Crippen molar-refractivity contribution < 1.29 is 9.29 Å². The third-order valence-corrected chi connectivity index (χ3v) is 4.10. The molecule has 0 fully saturated rings. The Morgan fingerprint density at radius 2 is 1.74 bits per heavy atom. The fourth-order valence-corrected chi connectivity index (χ4v) is 3.27. The summed E-state index contributed by atoms with van der Waals surface area (Å²) in [5.74, 6) is 0.772. The average Bonchev–Trinajstić information content (AvgIpc) is 2.43. The lowest BCUT2D eigenvalue weighted by Gasteiger charge is -2.23. The van der Waals surface area contributed by atoms with Crippen LogP contribution in [-0.4, -0.2) is 18.1 Å². The summed E-state index contributed by atoms with van der Waals surface area (Å²) >= 11 is 0. The summed E-state index contributed by atoms with van der Waals surface area (Å²) in [4.78, 5) is 17.5. The quantitative estimate of drug-likeness (QED) is 0.844. The van der Waals surface area contributed by atoms with Gasteiger partial charge in [0.1, 0.15) is 12.4 Å². The molecule has 4 heteroatoms. The van der Waals surface area contributed by atoms with E-state index in [1.165, 1.54) is 17.0 Å². The number of pyridine rings is 1. The smallest absolute Gasteiger partial charge is 0.198 e. The number of nitrogens with one attached hydrogen (secondary N) is 2. The summed E-state index contributed by atoms with van der Waals surface area (Å²) in [6, 6.07) is 4.35. The highest BCUT2D eigenvalue weighted by atomic mass is 19.1. The van der Waals surface area contributed by atoms with Gasteiger partial charge in [-0.1, -0.05) is 27.7 Å². The Morgan fingerprint density at radius 3 is 2.30 bits per heavy atom. The Labute approximate surface area is 137 Å². The number of benzene rings is 1. The largest absolute Gasteiger partial charge is 0.358 e. The minimum atomic E-state index is -0.369. The van der Waals surface area contributed by atoms with Crippen molar-refractivity contribution in [2.45, 2.75) is 41.2 Å². The lowest BCUT2D eigenvalue weighted by atomic mass is 10.1. The molecule has 126 valence electrons. The van der Waals surface area contributed by atoms with Gasteiger partial charge < -0.3 is 9.88 Å². The summed E-state index contributed by atoms with van der Waals surface area (Å²) in [6.07, 6.45) is 0. The van der Waals surface area contributed by atoms with Gasteiger partial charge in [0.2, 0.25) is 0 Å². The van der Waals surface area contributed by atoms with Crippen LogP contribution in [0.5, 0.6) is 0 Å². The number of aromatic amines is 1. The molecule has 0 radical (unpaired) electrons. The number of aromatic nitrogens is 1. The van der Waals surface area contributed by atoms with E-state index in [9.17, 15) is 9.18 Å². The Bertz CT molecular complexity index is 724. The molecule has 0 aliphatic heterocycles. The second-order valence-electron chi connectivity index (χ2n) is 7.37.